The van der Waals surface area contributed by atoms with Crippen molar-refractivity contribution >= 4 is 37.3 Å². The van der Waals surface area contributed by atoms with E-state index in [0.717, 1.165) is 16.0 Å². The number of fused-ring (bicyclic) bond motifs is 1. The molecule has 0 bridgehead atoms. The minimum Gasteiger partial charge on any atom is -0.495 e. The fourth-order valence-electron chi connectivity index (χ4n) is 2.95. The highest BCUT2D eigenvalue weighted by Crippen LogP contribution is 2.27. The molecule has 0 aliphatic carbocycles. The SMILES string of the molecule is CCn1c(=NC(=O)CCS(=O)(=O)Cc2ccccc2)sc2cccc(OC)c21. The third-order valence-electron chi connectivity index (χ3n) is 4.28. The number of ether oxygens (including phenoxy) is 1. The molecule has 0 spiro atoms. The van der Waals surface area contributed by atoms with Gasteiger partial charge in [0.2, 0.25) is 5.91 Å². The van der Waals surface area contributed by atoms with E-state index in [2.05, 4.69) is 4.99 Å². The number of benzene rings is 2. The molecular formula is C20H22N2O4S2. The zero-order valence-corrected chi connectivity index (χ0v) is 17.4. The van der Waals surface area contributed by atoms with E-state index in [1.54, 1.807) is 31.4 Å². The molecule has 0 radical (unpaired) electrons. The summed E-state index contributed by atoms with van der Waals surface area (Å²) in [7, 11) is -1.77. The van der Waals surface area contributed by atoms with Crippen LogP contribution in [-0.2, 0) is 26.9 Å². The second-order valence-electron chi connectivity index (χ2n) is 6.27. The molecule has 1 aromatic heterocycles. The fraction of sp³-hybridized carbons (Fsp3) is 0.300. The smallest absolute Gasteiger partial charge is 0.249 e. The number of para-hydroxylation sites is 1. The second-order valence-corrected chi connectivity index (χ2v) is 9.46. The van der Waals surface area contributed by atoms with Crippen molar-refractivity contribution in [2.45, 2.75) is 25.6 Å². The highest BCUT2D eigenvalue weighted by Gasteiger charge is 2.15. The Morgan fingerprint density at radius 2 is 1.89 bits per heavy atom. The first-order chi connectivity index (χ1) is 13.4. The van der Waals surface area contributed by atoms with Crippen molar-refractivity contribution in [2.75, 3.05) is 12.9 Å². The first kappa shape index (κ1) is 20.3. The van der Waals surface area contributed by atoms with Crippen LogP contribution in [0.5, 0.6) is 5.75 Å². The molecule has 3 aromatic rings. The predicted octanol–water partition coefficient (Wildman–Crippen LogP) is 3.16. The summed E-state index contributed by atoms with van der Waals surface area (Å²) in [6.45, 7) is 2.59. The van der Waals surface area contributed by atoms with Crippen LogP contribution in [0.3, 0.4) is 0 Å². The van der Waals surface area contributed by atoms with E-state index in [-0.39, 0.29) is 17.9 Å². The van der Waals surface area contributed by atoms with Crippen molar-refractivity contribution in [1.82, 2.24) is 4.57 Å². The first-order valence-corrected chi connectivity index (χ1v) is 11.6. The third kappa shape index (κ3) is 4.69. The van der Waals surface area contributed by atoms with Crippen molar-refractivity contribution in [3.05, 3.63) is 58.9 Å². The van der Waals surface area contributed by atoms with Gasteiger partial charge in [-0.25, -0.2) is 8.42 Å². The van der Waals surface area contributed by atoms with Crippen LogP contribution < -0.4 is 9.54 Å². The second kappa shape index (κ2) is 8.70. The highest BCUT2D eigenvalue weighted by molar-refractivity contribution is 7.90. The summed E-state index contributed by atoms with van der Waals surface area (Å²) in [5.74, 6) is -0.0138. The van der Waals surface area contributed by atoms with E-state index >= 15 is 0 Å². The van der Waals surface area contributed by atoms with Gasteiger partial charge in [0, 0.05) is 13.0 Å². The van der Waals surface area contributed by atoms with Gasteiger partial charge in [0.1, 0.15) is 11.3 Å². The molecule has 28 heavy (non-hydrogen) atoms. The van der Waals surface area contributed by atoms with Crippen molar-refractivity contribution in [3.8, 4) is 5.75 Å². The van der Waals surface area contributed by atoms with Crippen LogP contribution in [-0.4, -0.2) is 31.8 Å². The molecular weight excluding hydrogens is 396 g/mol. The van der Waals surface area contributed by atoms with Gasteiger partial charge in [0.05, 0.1) is 23.3 Å². The van der Waals surface area contributed by atoms with Gasteiger partial charge in [-0.3, -0.25) is 4.79 Å². The van der Waals surface area contributed by atoms with Gasteiger partial charge >= 0.3 is 0 Å². The lowest BCUT2D eigenvalue weighted by Crippen LogP contribution is -2.18. The summed E-state index contributed by atoms with van der Waals surface area (Å²) >= 11 is 1.39. The zero-order valence-electron chi connectivity index (χ0n) is 15.8. The van der Waals surface area contributed by atoms with Crippen LogP contribution in [0.4, 0.5) is 0 Å². The van der Waals surface area contributed by atoms with Gasteiger partial charge < -0.3 is 9.30 Å². The van der Waals surface area contributed by atoms with E-state index in [1.807, 2.05) is 35.8 Å². The Balaban J connectivity index is 1.79. The molecule has 0 atom stereocenters. The quantitative estimate of drug-likeness (QED) is 0.590. The number of nitrogens with zero attached hydrogens (tertiary/aromatic N) is 2. The van der Waals surface area contributed by atoms with Gasteiger partial charge in [0.25, 0.3) is 0 Å². The predicted molar refractivity (Wildman–Crippen MR) is 111 cm³/mol. The topological polar surface area (TPSA) is 77.7 Å². The minimum atomic E-state index is -3.38. The molecule has 0 fully saturated rings. The van der Waals surface area contributed by atoms with Crippen molar-refractivity contribution in [3.63, 3.8) is 0 Å². The van der Waals surface area contributed by atoms with Crippen LogP contribution in [0, 0.1) is 0 Å². The number of rotatable bonds is 7. The summed E-state index contributed by atoms with van der Waals surface area (Å²) in [6.07, 6.45) is -0.135. The molecule has 2 aromatic carbocycles. The molecule has 6 nitrogen and oxygen atoms in total. The van der Waals surface area contributed by atoms with Crippen LogP contribution in [0.1, 0.15) is 18.9 Å². The number of sulfone groups is 1. The Morgan fingerprint density at radius 3 is 2.57 bits per heavy atom. The van der Waals surface area contributed by atoms with E-state index in [0.29, 0.717) is 16.9 Å². The molecule has 8 heteroatoms. The Labute approximate surface area is 168 Å². The average molecular weight is 419 g/mol. The molecule has 0 N–H and O–H groups in total. The van der Waals surface area contributed by atoms with Gasteiger partial charge in [-0.15, -0.1) is 0 Å². The van der Waals surface area contributed by atoms with Crippen LogP contribution in [0.25, 0.3) is 10.2 Å². The molecule has 1 amide bonds. The minimum absolute atomic E-state index is 0.0732. The number of hydrogen-bond acceptors (Lipinski definition) is 5. The highest BCUT2D eigenvalue weighted by atomic mass is 32.2. The fourth-order valence-corrected chi connectivity index (χ4v) is 5.41. The number of hydrogen-bond donors (Lipinski definition) is 0. The normalized spacial score (nSPS) is 12.4. The Morgan fingerprint density at radius 1 is 1.14 bits per heavy atom. The molecule has 1 heterocycles. The third-order valence-corrected chi connectivity index (χ3v) is 6.92. The molecule has 0 saturated heterocycles. The maximum atomic E-state index is 12.3. The lowest BCUT2D eigenvalue weighted by molar-refractivity contribution is -0.117. The molecule has 148 valence electrons. The molecule has 0 unspecified atom stereocenters. The number of carbonyl (C=O) groups excluding carboxylic acids is 1. The maximum absolute atomic E-state index is 12.3. The van der Waals surface area contributed by atoms with E-state index in [9.17, 15) is 13.2 Å². The van der Waals surface area contributed by atoms with Gasteiger partial charge in [-0.1, -0.05) is 47.7 Å². The summed E-state index contributed by atoms with van der Waals surface area (Å²) < 4.78 is 32.9. The Hall–Kier alpha value is -2.45. The number of methoxy groups -OCH3 is 1. The van der Waals surface area contributed by atoms with Gasteiger partial charge in [0.15, 0.2) is 14.6 Å². The summed E-state index contributed by atoms with van der Waals surface area (Å²) in [4.78, 5) is 17.1. The van der Waals surface area contributed by atoms with Crippen molar-refractivity contribution < 1.29 is 17.9 Å². The Bertz CT molecular complexity index is 1150. The molecule has 0 aliphatic heterocycles. The lowest BCUT2D eigenvalue weighted by atomic mass is 10.2. The number of amides is 1. The van der Waals surface area contributed by atoms with Crippen molar-refractivity contribution in [2.24, 2.45) is 4.99 Å². The molecule has 0 saturated carbocycles. The van der Waals surface area contributed by atoms with Crippen LogP contribution in [0.15, 0.2) is 53.5 Å². The number of aromatic nitrogens is 1. The first-order valence-electron chi connectivity index (χ1n) is 8.91. The van der Waals surface area contributed by atoms with Gasteiger partial charge in [-0.05, 0) is 24.6 Å². The van der Waals surface area contributed by atoms with E-state index in [1.165, 1.54) is 11.3 Å². The largest absolute Gasteiger partial charge is 0.495 e. The summed E-state index contributed by atoms with van der Waals surface area (Å²) in [6, 6.07) is 14.7. The number of carbonyl (C=O) groups is 1. The number of aryl methyl sites for hydroxylation is 1. The van der Waals surface area contributed by atoms with Gasteiger partial charge in [-0.2, -0.15) is 4.99 Å². The van der Waals surface area contributed by atoms with Crippen LogP contribution in [0.2, 0.25) is 0 Å². The summed E-state index contributed by atoms with van der Waals surface area (Å²) in [5.41, 5.74) is 1.60. The van der Waals surface area contributed by atoms with E-state index < -0.39 is 15.7 Å². The zero-order chi connectivity index (χ0) is 20.1. The number of thiazole rings is 1. The molecule has 0 aliphatic rings. The lowest BCUT2D eigenvalue weighted by Gasteiger charge is -2.05. The van der Waals surface area contributed by atoms with Crippen LogP contribution >= 0.6 is 11.3 Å². The maximum Gasteiger partial charge on any atom is 0.249 e. The molecule has 3 rings (SSSR count). The monoisotopic (exact) mass is 418 g/mol. The Kier molecular flexibility index (Phi) is 6.31. The van der Waals surface area contributed by atoms with Crippen molar-refractivity contribution in [1.29, 1.82) is 0 Å². The average Bonchev–Trinajstić information content (AvgIpc) is 3.04. The standard InChI is InChI=1S/C20H22N2O4S2/c1-3-22-19-16(26-2)10-7-11-17(19)27-20(22)21-18(23)12-13-28(24,25)14-15-8-5-4-6-9-15/h4-11H,3,12-14H2,1-2H3. The van der Waals surface area contributed by atoms with E-state index in [4.69, 9.17) is 4.74 Å². The summed E-state index contributed by atoms with van der Waals surface area (Å²) in [5, 5.41) is 0.